The van der Waals surface area contributed by atoms with Gasteiger partial charge in [0, 0.05) is 16.8 Å². The molecule has 2 aromatic rings. The maximum Gasteiger partial charge on any atom is 0.255 e. The Labute approximate surface area is 130 Å². The Morgan fingerprint density at radius 3 is 2.76 bits per heavy atom. The Bertz CT molecular complexity index is 732. The van der Waals surface area contributed by atoms with E-state index in [-0.39, 0.29) is 18.3 Å². The van der Waals surface area contributed by atoms with Crippen molar-refractivity contribution in [3.05, 3.63) is 58.1 Å². The van der Waals surface area contributed by atoms with Gasteiger partial charge in [-0.1, -0.05) is 17.9 Å². The molecule has 2 aromatic carbocycles. The molecule has 4 nitrogen and oxygen atoms in total. The molecule has 0 aliphatic carbocycles. The Morgan fingerprint density at radius 2 is 2.05 bits per heavy atom. The number of halogens is 1. The molecule has 0 heterocycles. The highest BCUT2D eigenvalue weighted by atomic mass is 79.9. The minimum absolute atomic E-state index is 0.00483. The van der Waals surface area contributed by atoms with Crippen LogP contribution in [0.5, 0.6) is 5.75 Å². The van der Waals surface area contributed by atoms with Crippen LogP contribution in [0.3, 0.4) is 0 Å². The number of anilines is 1. The van der Waals surface area contributed by atoms with Gasteiger partial charge < -0.3 is 15.5 Å². The smallest absolute Gasteiger partial charge is 0.255 e. The van der Waals surface area contributed by atoms with Crippen molar-refractivity contribution in [1.82, 2.24) is 0 Å². The normalized spacial score (nSPS) is 9.62. The van der Waals surface area contributed by atoms with E-state index in [0.717, 1.165) is 0 Å². The van der Waals surface area contributed by atoms with Gasteiger partial charge in [0.15, 0.2) is 0 Å². The molecule has 0 aromatic heterocycles. The van der Waals surface area contributed by atoms with E-state index in [4.69, 9.17) is 5.11 Å². The van der Waals surface area contributed by atoms with Crippen LogP contribution in [0.2, 0.25) is 0 Å². The molecule has 1 amide bonds. The molecule has 21 heavy (non-hydrogen) atoms. The lowest BCUT2D eigenvalue weighted by Crippen LogP contribution is -2.11. The second-order valence-electron chi connectivity index (χ2n) is 4.16. The van der Waals surface area contributed by atoms with Crippen molar-refractivity contribution >= 4 is 27.5 Å². The fraction of sp³-hybridized carbons (Fsp3) is 0.0625. The predicted molar refractivity (Wildman–Crippen MR) is 84.2 cm³/mol. The van der Waals surface area contributed by atoms with E-state index >= 15 is 0 Å². The van der Waals surface area contributed by atoms with Crippen LogP contribution in [0, 0.1) is 11.8 Å². The summed E-state index contributed by atoms with van der Waals surface area (Å²) < 4.78 is 0.528. The lowest BCUT2D eigenvalue weighted by atomic mass is 10.1. The van der Waals surface area contributed by atoms with Crippen molar-refractivity contribution in [1.29, 1.82) is 0 Å². The predicted octanol–water partition coefficient (Wildman–Crippen LogP) is 2.75. The van der Waals surface area contributed by atoms with Gasteiger partial charge in [-0.05, 0) is 52.3 Å². The zero-order valence-corrected chi connectivity index (χ0v) is 12.5. The standard InChI is InChI=1S/C16H12BrNO3/c17-14-7-6-12(10-15(14)20)16(21)18-13-5-1-3-11(9-13)4-2-8-19/h1,3,5-7,9-10,19-20H,8H2,(H,18,21). The molecule has 0 saturated heterocycles. The van der Waals surface area contributed by atoms with Crippen LogP contribution < -0.4 is 5.32 Å². The molecule has 0 aliphatic rings. The first kappa shape index (κ1) is 15.1. The molecule has 0 fully saturated rings. The number of benzene rings is 2. The SMILES string of the molecule is O=C(Nc1cccc(C#CCO)c1)c1ccc(Br)c(O)c1. The highest BCUT2D eigenvalue weighted by Crippen LogP contribution is 2.24. The minimum Gasteiger partial charge on any atom is -0.507 e. The van der Waals surface area contributed by atoms with Gasteiger partial charge in [-0.25, -0.2) is 0 Å². The van der Waals surface area contributed by atoms with Crippen molar-refractivity contribution in [2.45, 2.75) is 0 Å². The number of phenolic OH excluding ortho intramolecular Hbond substituents is 1. The van der Waals surface area contributed by atoms with Crippen molar-refractivity contribution in [2.24, 2.45) is 0 Å². The molecule has 0 atom stereocenters. The summed E-state index contributed by atoms with van der Waals surface area (Å²) in [4.78, 5) is 12.1. The number of phenols is 1. The third-order valence-corrected chi connectivity index (χ3v) is 3.31. The number of nitrogens with one attached hydrogen (secondary N) is 1. The number of aliphatic hydroxyl groups excluding tert-OH is 1. The van der Waals surface area contributed by atoms with Gasteiger partial charge in [-0.2, -0.15) is 0 Å². The largest absolute Gasteiger partial charge is 0.507 e. The first-order valence-electron chi connectivity index (χ1n) is 6.10. The first-order valence-corrected chi connectivity index (χ1v) is 6.89. The quantitative estimate of drug-likeness (QED) is 0.733. The summed E-state index contributed by atoms with van der Waals surface area (Å²) in [7, 11) is 0. The summed E-state index contributed by atoms with van der Waals surface area (Å²) in [6.45, 7) is -0.214. The third-order valence-electron chi connectivity index (χ3n) is 2.64. The van der Waals surface area contributed by atoms with E-state index < -0.39 is 0 Å². The number of carbonyl (C=O) groups excluding carboxylic acids is 1. The van der Waals surface area contributed by atoms with E-state index in [1.54, 1.807) is 36.4 Å². The molecule has 0 aliphatic heterocycles. The molecule has 2 rings (SSSR count). The van der Waals surface area contributed by atoms with Crippen LogP contribution in [0.15, 0.2) is 46.9 Å². The Morgan fingerprint density at radius 1 is 1.24 bits per heavy atom. The summed E-state index contributed by atoms with van der Waals surface area (Å²) in [6.07, 6.45) is 0. The van der Waals surface area contributed by atoms with E-state index in [9.17, 15) is 9.90 Å². The van der Waals surface area contributed by atoms with Crippen LogP contribution in [0.1, 0.15) is 15.9 Å². The highest BCUT2D eigenvalue weighted by molar-refractivity contribution is 9.10. The van der Waals surface area contributed by atoms with Crippen LogP contribution in [0.4, 0.5) is 5.69 Å². The molecular formula is C16H12BrNO3. The molecule has 5 heteroatoms. The van der Waals surface area contributed by atoms with Gasteiger partial charge in [0.2, 0.25) is 0 Å². The zero-order valence-electron chi connectivity index (χ0n) is 10.9. The number of hydrogen-bond acceptors (Lipinski definition) is 3. The second-order valence-corrected chi connectivity index (χ2v) is 5.02. The number of aliphatic hydroxyl groups is 1. The minimum atomic E-state index is -0.329. The van der Waals surface area contributed by atoms with Crippen LogP contribution in [-0.4, -0.2) is 22.7 Å². The fourth-order valence-electron chi connectivity index (χ4n) is 1.67. The van der Waals surface area contributed by atoms with E-state index in [0.29, 0.717) is 21.3 Å². The molecule has 0 bridgehead atoms. The number of hydrogen-bond donors (Lipinski definition) is 3. The summed E-state index contributed by atoms with van der Waals surface area (Å²) in [5, 5.41) is 21.0. The van der Waals surface area contributed by atoms with Gasteiger partial charge in [0.25, 0.3) is 5.91 Å². The Balaban J connectivity index is 2.17. The van der Waals surface area contributed by atoms with E-state index in [2.05, 4.69) is 33.1 Å². The highest BCUT2D eigenvalue weighted by Gasteiger charge is 2.08. The average molecular weight is 346 g/mol. The van der Waals surface area contributed by atoms with Crippen LogP contribution in [-0.2, 0) is 0 Å². The van der Waals surface area contributed by atoms with Gasteiger partial charge in [0.1, 0.15) is 12.4 Å². The monoisotopic (exact) mass is 345 g/mol. The van der Waals surface area contributed by atoms with Gasteiger partial charge in [0.05, 0.1) is 4.47 Å². The van der Waals surface area contributed by atoms with Gasteiger partial charge >= 0.3 is 0 Å². The molecular weight excluding hydrogens is 334 g/mol. The Hall–Kier alpha value is -2.29. The van der Waals surface area contributed by atoms with Crippen molar-refractivity contribution in [2.75, 3.05) is 11.9 Å². The second kappa shape index (κ2) is 6.93. The van der Waals surface area contributed by atoms with Crippen molar-refractivity contribution in [3.63, 3.8) is 0 Å². The van der Waals surface area contributed by atoms with Gasteiger partial charge in [-0.3, -0.25) is 4.79 Å². The number of amides is 1. The maximum absolute atomic E-state index is 12.1. The molecule has 0 saturated carbocycles. The summed E-state index contributed by atoms with van der Waals surface area (Å²) in [6, 6.07) is 11.6. The van der Waals surface area contributed by atoms with Gasteiger partial charge in [-0.15, -0.1) is 0 Å². The summed E-state index contributed by atoms with van der Waals surface area (Å²) >= 11 is 3.16. The number of carbonyl (C=O) groups is 1. The third kappa shape index (κ3) is 4.09. The first-order chi connectivity index (χ1) is 10.1. The Kier molecular flexibility index (Phi) is 4.99. The molecule has 106 valence electrons. The summed E-state index contributed by atoms with van der Waals surface area (Å²) in [5.74, 6) is 4.99. The molecule has 3 N–H and O–H groups in total. The van der Waals surface area contributed by atoms with E-state index in [1.165, 1.54) is 6.07 Å². The van der Waals surface area contributed by atoms with Crippen molar-refractivity contribution < 1.29 is 15.0 Å². The lowest BCUT2D eigenvalue weighted by Gasteiger charge is -2.06. The maximum atomic E-state index is 12.1. The number of rotatable bonds is 2. The molecule has 0 spiro atoms. The average Bonchev–Trinajstić information content (AvgIpc) is 2.48. The zero-order chi connectivity index (χ0) is 15.2. The van der Waals surface area contributed by atoms with Crippen molar-refractivity contribution in [3.8, 4) is 17.6 Å². The summed E-state index contributed by atoms with van der Waals surface area (Å²) in [5.41, 5.74) is 1.63. The van der Waals surface area contributed by atoms with E-state index in [1.807, 2.05) is 0 Å². The van der Waals surface area contributed by atoms with Crippen LogP contribution in [0.25, 0.3) is 0 Å². The molecule has 0 unspecified atom stereocenters. The topological polar surface area (TPSA) is 69.6 Å². The lowest BCUT2D eigenvalue weighted by molar-refractivity contribution is 0.102. The van der Waals surface area contributed by atoms with Crippen LogP contribution >= 0.6 is 15.9 Å². The number of aromatic hydroxyl groups is 1. The fourth-order valence-corrected chi connectivity index (χ4v) is 1.92. The molecule has 0 radical (unpaired) electrons.